The van der Waals surface area contributed by atoms with Crippen molar-refractivity contribution in [2.24, 2.45) is 0 Å². The van der Waals surface area contributed by atoms with Crippen LogP contribution in [0.2, 0.25) is 5.15 Å². The molecule has 0 aromatic carbocycles. The molecule has 0 spiro atoms. The molecule has 1 aliphatic heterocycles. The number of nitrogens with zero attached hydrogens (tertiary/aromatic N) is 3. The van der Waals surface area contributed by atoms with E-state index in [1.807, 2.05) is 4.90 Å². The van der Waals surface area contributed by atoms with E-state index in [1.54, 1.807) is 7.11 Å². The van der Waals surface area contributed by atoms with Crippen LogP contribution in [0.1, 0.15) is 12.8 Å². The molecule has 98 valence electrons. The second-order valence-corrected chi connectivity index (χ2v) is 4.54. The van der Waals surface area contributed by atoms with Crippen molar-refractivity contribution in [2.75, 3.05) is 25.1 Å². The largest absolute Gasteiger partial charge is 0.381 e. The second-order valence-electron chi connectivity index (χ2n) is 4.16. The predicted molar refractivity (Wildman–Crippen MR) is 68.1 cm³/mol. The minimum absolute atomic E-state index is 0.00438. The fourth-order valence-corrected chi connectivity index (χ4v) is 2.24. The third kappa shape index (κ3) is 2.70. The molecule has 1 fully saturated rings. The zero-order valence-corrected chi connectivity index (χ0v) is 10.8. The van der Waals surface area contributed by atoms with Crippen molar-refractivity contribution in [1.29, 1.82) is 0 Å². The predicted octanol–water partition coefficient (Wildman–Crippen LogP) is 2.26. The van der Waals surface area contributed by atoms with Crippen molar-refractivity contribution in [3.8, 4) is 0 Å². The number of aromatic nitrogens is 1. The highest BCUT2D eigenvalue weighted by Crippen LogP contribution is 2.30. The Morgan fingerprint density at radius 2 is 2.17 bits per heavy atom. The molecular formula is C11H14ClN3O3. The first kappa shape index (κ1) is 13.0. The maximum atomic E-state index is 11.0. The standard InChI is InChI=1S/C11H14ClN3O3/c1-18-8-4-6-14(7-5-8)11-9(15(16)17)2-3-10(12)13-11/h2-3,8H,4-7H2,1H3. The molecule has 0 unspecified atom stereocenters. The number of anilines is 1. The molecule has 1 saturated heterocycles. The Balaban J connectivity index is 2.22. The first-order chi connectivity index (χ1) is 8.61. The summed E-state index contributed by atoms with van der Waals surface area (Å²) in [7, 11) is 1.68. The van der Waals surface area contributed by atoms with Crippen LogP contribution in [0.15, 0.2) is 12.1 Å². The summed E-state index contributed by atoms with van der Waals surface area (Å²) < 4.78 is 5.27. The average molecular weight is 272 g/mol. The molecule has 1 aromatic rings. The SMILES string of the molecule is COC1CCN(c2nc(Cl)ccc2[N+](=O)[O-])CC1. The van der Waals surface area contributed by atoms with E-state index in [-0.39, 0.29) is 16.9 Å². The highest BCUT2D eigenvalue weighted by atomic mass is 35.5. The van der Waals surface area contributed by atoms with Crippen LogP contribution in [-0.4, -0.2) is 36.2 Å². The van der Waals surface area contributed by atoms with Crippen molar-refractivity contribution in [1.82, 2.24) is 4.98 Å². The van der Waals surface area contributed by atoms with E-state index in [2.05, 4.69) is 4.98 Å². The third-order valence-electron chi connectivity index (χ3n) is 3.09. The molecule has 0 saturated carbocycles. The molecule has 0 amide bonds. The van der Waals surface area contributed by atoms with Crippen LogP contribution in [0.4, 0.5) is 11.5 Å². The topological polar surface area (TPSA) is 68.5 Å². The number of ether oxygens (including phenoxy) is 1. The van der Waals surface area contributed by atoms with E-state index in [0.29, 0.717) is 18.9 Å². The maximum Gasteiger partial charge on any atom is 0.311 e. The van der Waals surface area contributed by atoms with Crippen LogP contribution >= 0.6 is 11.6 Å². The summed E-state index contributed by atoms with van der Waals surface area (Å²) in [5, 5.41) is 11.2. The summed E-state index contributed by atoms with van der Waals surface area (Å²) in [5.74, 6) is 0.349. The van der Waals surface area contributed by atoms with Gasteiger partial charge in [0.05, 0.1) is 11.0 Å². The molecule has 1 aliphatic rings. The quantitative estimate of drug-likeness (QED) is 0.479. The van der Waals surface area contributed by atoms with E-state index in [1.165, 1.54) is 12.1 Å². The van der Waals surface area contributed by atoms with Crippen LogP contribution in [-0.2, 0) is 4.74 Å². The van der Waals surface area contributed by atoms with Crippen molar-refractivity contribution >= 4 is 23.1 Å². The molecule has 2 heterocycles. The van der Waals surface area contributed by atoms with Gasteiger partial charge in [0.25, 0.3) is 0 Å². The van der Waals surface area contributed by atoms with Crippen LogP contribution in [0.3, 0.4) is 0 Å². The lowest BCUT2D eigenvalue weighted by molar-refractivity contribution is -0.384. The smallest absolute Gasteiger partial charge is 0.311 e. The highest BCUT2D eigenvalue weighted by Gasteiger charge is 2.26. The number of halogens is 1. The number of methoxy groups -OCH3 is 1. The first-order valence-electron chi connectivity index (χ1n) is 5.70. The molecular weight excluding hydrogens is 258 g/mol. The molecule has 0 aliphatic carbocycles. The summed E-state index contributed by atoms with van der Waals surface area (Å²) >= 11 is 5.81. The number of rotatable bonds is 3. The van der Waals surface area contributed by atoms with Gasteiger partial charge >= 0.3 is 5.69 Å². The number of hydrogen-bond acceptors (Lipinski definition) is 5. The van der Waals surface area contributed by atoms with Gasteiger partial charge in [0.15, 0.2) is 0 Å². The first-order valence-corrected chi connectivity index (χ1v) is 6.08. The summed E-state index contributed by atoms with van der Waals surface area (Å²) in [4.78, 5) is 16.5. The monoisotopic (exact) mass is 271 g/mol. The van der Waals surface area contributed by atoms with Crippen molar-refractivity contribution in [3.63, 3.8) is 0 Å². The second kappa shape index (κ2) is 5.49. The van der Waals surface area contributed by atoms with Gasteiger partial charge in [0.1, 0.15) is 5.15 Å². The summed E-state index contributed by atoms with van der Waals surface area (Å²) in [6.45, 7) is 1.37. The Bertz CT molecular complexity index is 447. The summed E-state index contributed by atoms with van der Waals surface area (Å²) in [5.41, 5.74) is -0.00438. The summed E-state index contributed by atoms with van der Waals surface area (Å²) in [6, 6.07) is 2.83. The number of nitro groups is 1. The van der Waals surface area contributed by atoms with Crippen LogP contribution < -0.4 is 4.90 Å². The molecule has 6 nitrogen and oxygen atoms in total. The molecule has 0 radical (unpaired) electrons. The molecule has 1 aromatic heterocycles. The zero-order chi connectivity index (χ0) is 13.1. The molecule has 2 rings (SSSR count). The van der Waals surface area contributed by atoms with Gasteiger partial charge in [0.2, 0.25) is 5.82 Å². The number of piperidine rings is 1. The Hall–Kier alpha value is -1.40. The Labute approximate surface area is 110 Å². The van der Waals surface area contributed by atoms with Crippen molar-refractivity contribution < 1.29 is 9.66 Å². The number of hydrogen-bond donors (Lipinski definition) is 0. The van der Waals surface area contributed by atoms with E-state index < -0.39 is 4.92 Å². The Kier molecular flexibility index (Phi) is 3.98. The van der Waals surface area contributed by atoms with Gasteiger partial charge in [-0.3, -0.25) is 10.1 Å². The fraction of sp³-hybridized carbons (Fsp3) is 0.545. The summed E-state index contributed by atoms with van der Waals surface area (Å²) in [6.07, 6.45) is 1.89. The molecule has 0 bridgehead atoms. The zero-order valence-electron chi connectivity index (χ0n) is 10.0. The minimum atomic E-state index is -0.429. The van der Waals surface area contributed by atoms with Gasteiger partial charge in [-0.15, -0.1) is 0 Å². The molecule has 18 heavy (non-hydrogen) atoms. The lowest BCUT2D eigenvalue weighted by Gasteiger charge is -2.31. The van der Waals surface area contributed by atoms with Crippen molar-refractivity contribution in [2.45, 2.75) is 18.9 Å². The van der Waals surface area contributed by atoms with Gasteiger partial charge in [-0.1, -0.05) is 11.6 Å². The lowest BCUT2D eigenvalue weighted by Crippen LogP contribution is -2.37. The van der Waals surface area contributed by atoms with Crippen molar-refractivity contribution in [3.05, 3.63) is 27.4 Å². The lowest BCUT2D eigenvalue weighted by atomic mass is 10.1. The third-order valence-corrected chi connectivity index (χ3v) is 3.30. The Morgan fingerprint density at radius 1 is 1.50 bits per heavy atom. The van der Waals surface area contributed by atoms with Gasteiger partial charge in [-0.25, -0.2) is 4.98 Å². The van der Waals surface area contributed by atoms with Gasteiger partial charge in [0, 0.05) is 26.3 Å². The van der Waals surface area contributed by atoms with E-state index in [9.17, 15) is 10.1 Å². The average Bonchev–Trinajstić information content (AvgIpc) is 2.38. The minimum Gasteiger partial charge on any atom is -0.381 e. The normalized spacial score (nSPS) is 16.9. The fourth-order valence-electron chi connectivity index (χ4n) is 2.10. The number of pyridine rings is 1. The van der Waals surface area contributed by atoms with E-state index in [4.69, 9.17) is 16.3 Å². The van der Waals surface area contributed by atoms with E-state index in [0.717, 1.165) is 12.8 Å². The Morgan fingerprint density at radius 3 is 2.72 bits per heavy atom. The van der Waals surface area contributed by atoms with Gasteiger partial charge in [-0.05, 0) is 18.9 Å². The molecule has 0 N–H and O–H groups in total. The molecule has 0 atom stereocenters. The molecule has 7 heteroatoms. The van der Waals surface area contributed by atoms with Crippen LogP contribution in [0.25, 0.3) is 0 Å². The highest BCUT2D eigenvalue weighted by molar-refractivity contribution is 6.29. The van der Waals surface area contributed by atoms with Crippen LogP contribution in [0, 0.1) is 10.1 Å². The van der Waals surface area contributed by atoms with Gasteiger partial charge < -0.3 is 9.64 Å². The van der Waals surface area contributed by atoms with Gasteiger partial charge in [-0.2, -0.15) is 0 Å². The van der Waals surface area contributed by atoms with E-state index >= 15 is 0 Å². The maximum absolute atomic E-state index is 11.0. The van der Waals surface area contributed by atoms with Crippen LogP contribution in [0.5, 0.6) is 0 Å².